The average molecular weight is 232 g/mol. The van der Waals surface area contributed by atoms with Gasteiger partial charge in [0.05, 0.1) is 0 Å². The molecular weight excluding hydrogens is 212 g/mol. The van der Waals surface area contributed by atoms with Crippen molar-refractivity contribution >= 4 is 0 Å². The van der Waals surface area contributed by atoms with Crippen LogP contribution in [0.4, 0.5) is 0 Å². The Bertz CT molecular complexity index is 420. The van der Waals surface area contributed by atoms with E-state index in [9.17, 15) is 0 Å². The molecule has 1 saturated heterocycles. The number of piperidine rings is 1. The molecule has 92 valence electrons. The fourth-order valence-electron chi connectivity index (χ4n) is 3.13. The van der Waals surface area contributed by atoms with Crippen LogP contribution in [0.3, 0.4) is 0 Å². The van der Waals surface area contributed by atoms with Crippen LogP contribution in [0.15, 0.2) is 24.3 Å². The van der Waals surface area contributed by atoms with Gasteiger partial charge < -0.3 is 15.8 Å². The first-order valence-electron chi connectivity index (χ1n) is 6.45. The second kappa shape index (κ2) is 4.00. The van der Waals surface area contributed by atoms with Crippen molar-refractivity contribution in [2.75, 3.05) is 13.1 Å². The third kappa shape index (κ3) is 1.74. The van der Waals surface area contributed by atoms with E-state index in [-0.39, 0.29) is 11.6 Å². The van der Waals surface area contributed by atoms with E-state index in [1.807, 2.05) is 18.2 Å². The third-order valence-electron chi connectivity index (χ3n) is 4.27. The minimum atomic E-state index is -0.0565. The van der Waals surface area contributed by atoms with Crippen LogP contribution in [0.25, 0.3) is 0 Å². The smallest absolute Gasteiger partial charge is 0.124 e. The van der Waals surface area contributed by atoms with Crippen molar-refractivity contribution in [1.29, 1.82) is 0 Å². The van der Waals surface area contributed by atoms with Crippen LogP contribution in [0.5, 0.6) is 5.75 Å². The summed E-state index contributed by atoms with van der Waals surface area (Å²) in [4.78, 5) is 0. The highest BCUT2D eigenvalue weighted by atomic mass is 16.5. The third-order valence-corrected chi connectivity index (χ3v) is 4.27. The molecule has 1 aromatic rings. The Morgan fingerprint density at radius 1 is 1.41 bits per heavy atom. The molecule has 3 rings (SSSR count). The molecule has 0 amide bonds. The number of benzene rings is 1. The van der Waals surface area contributed by atoms with E-state index in [2.05, 4.69) is 18.3 Å². The summed E-state index contributed by atoms with van der Waals surface area (Å²) < 4.78 is 6.32. The maximum atomic E-state index is 6.32. The number of fused-ring (bicyclic) bond motifs is 1. The van der Waals surface area contributed by atoms with Crippen molar-refractivity contribution in [1.82, 2.24) is 5.32 Å². The van der Waals surface area contributed by atoms with Gasteiger partial charge in [-0.05, 0) is 19.0 Å². The van der Waals surface area contributed by atoms with E-state index in [0.29, 0.717) is 5.92 Å². The molecule has 2 heterocycles. The van der Waals surface area contributed by atoms with Crippen molar-refractivity contribution in [3.05, 3.63) is 29.8 Å². The van der Waals surface area contributed by atoms with Gasteiger partial charge in [-0.25, -0.2) is 0 Å². The summed E-state index contributed by atoms with van der Waals surface area (Å²) in [6.07, 6.45) is 1.99. The molecule has 1 aromatic carbocycles. The molecule has 17 heavy (non-hydrogen) atoms. The number of hydrogen-bond donors (Lipinski definition) is 2. The Morgan fingerprint density at radius 3 is 3.06 bits per heavy atom. The van der Waals surface area contributed by atoms with E-state index < -0.39 is 0 Å². The summed E-state index contributed by atoms with van der Waals surface area (Å²) in [7, 11) is 0. The molecule has 3 heteroatoms. The molecule has 3 atom stereocenters. The van der Waals surface area contributed by atoms with E-state index in [1.165, 1.54) is 0 Å². The number of nitrogens with two attached hydrogens (primary N) is 1. The minimum Gasteiger partial charge on any atom is -0.486 e. The molecule has 0 bridgehead atoms. The van der Waals surface area contributed by atoms with Gasteiger partial charge in [-0.3, -0.25) is 0 Å². The van der Waals surface area contributed by atoms with Gasteiger partial charge in [-0.1, -0.05) is 25.1 Å². The number of hydrogen-bond acceptors (Lipinski definition) is 3. The number of para-hydroxylation sites is 1. The Kier molecular flexibility index (Phi) is 2.60. The maximum Gasteiger partial charge on any atom is 0.124 e. The second-order valence-electron chi connectivity index (χ2n) is 5.37. The molecule has 0 radical (unpaired) electrons. The molecule has 0 aromatic heterocycles. The molecule has 2 aliphatic heterocycles. The van der Waals surface area contributed by atoms with Gasteiger partial charge >= 0.3 is 0 Å². The highest BCUT2D eigenvalue weighted by Gasteiger charge is 2.45. The molecule has 3 N–H and O–H groups in total. The Hall–Kier alpha value is -1.06. The number of rotatable bonds is 0. The lowest BCUT2D eigenvalue weighted by molar-refractivity contribution is -0.0335. The van der Waals surface area contributed by atoms with Crippen molar-refractivity contribution < 1.29 is 4.74 Å². The first-order chi connectivity index (χ1) is 8.21. The van der Waals surface area contributed by atoms with Gasteiger partial charge in [-0.2, -0.15) is 0 Å². The number of nitrogens with one attached hydrogen (secondary N) is 1. The summed E-state index contributed by atoms with van der Waals surface area (Å²) in [5.74, 6) is 1.50. The van der Waals surface area contributed by atoms with Gasteiger partial charge in [0, 0.05) is 30.5 Å². The van der Waals surface area contributed by atoms with Crippen LogP contribution < -0.4 is 15.8 Å². The minimum absolute atomic E-state index is 0.0565. The molecule has 1 fully saturated rings. The average Bonchev–Trinajstić information content (AvgIpc) is 2.33. The molecule has 0 saturated carbocycles. The van der Waals surface area contributed by atoms with Crippen molar-refractivity contribution in [3.63, 3.8) is 0 Å². The normalized spacial score (nSPS) is 36.4. The fourth-order valence-corrected chi connectivity index (χ4v) is 3.13. The SMILES string of the molecule is CC1CNCCC12C[C@H](N)c1ccccc1O2. The summed E-state index contributed by atoms with van der Waals surface area (Å²) in [5, 5.41) is 3.42. The first kappa shape index (κ1) is 11.1. The lowest BCUT2D eigenvalue weighted by Crippen LogP contribution is -2.55. The molecule has 3 nitrogen and oxygen atoms in total. The zero-order valence-electron chi connectivity index (χ0n) is 10.3. The molecule has 0 aliphatic carbocycles. The Labute approximate surface area is 102 Å². The quantitative estimate of drug-likeness (QED) is 0.717. The standard InChI is InChI=1S/C14H20N2O/c1-10-9-16-7-6-14(10)8-12(15)11-4-2-3-5-13(11)17-14/h2-5,10,12,16H,6-9,15H2,1H3/t10?,12-,14?/m0/s1. The summed E-state index contributed by atoms with van der Waals surface area (Å²) in [6, 6.07) is 8.30. The van der Waals surface area contributed by atoms with E-state index in [4.69, 9.17) is 10.5 Å². The molecule has 1 spiro atoms. The lowest BCUT2D eigenvalue weighted by Gasteiger charge is -2.47. The van der Waals surface area contributed by atoms with Crippen molar-refractivity contribution in [3.8, 4) is 5.75 Å². The first-order valence-corrected chi connectivity index (χ1v) is 6.45. The zero-order valence-corrected chi connectivity index (χ0v) is 10.3. The summed E-state index contributed by atoms with van der Waals surface area (Å²) >= 11 is 0. The van der Waals surface area contributed by atoms with Gasteiger partial charge in [0.2, 0.25) is 0 Å². The van der Waals surface area contributed by atoms with Crippen molar-refractivity contribution in [2.24, 2.45) is 11.7 Å². The van der Waals surface area contributed by atoms with Crippen LogP contribution in [-0.4, -0.2) is 18.7 Å². The highest BCUT2D eigenvalue weighted by molar-refractivity contribution is 5.39. The van der Waals surface area contributed by atoms with E-state index in [1.54, 1.807) is 0 Å². The maximum absolute atomic E-state index is 6.32. The van der Waals surface area contributed by atoms with Gasteiger partial charge in [0.15, 0.2) is 0 Å². The highest BCUT2D eigenvalue weighted by Crippen LogP contribution is 2.44. The lowest BCUT2D eigenvalue weighted by atomic mass is 9.75. The van der Waals surface area contributed by atoms with Crippen LogP contribution >= 0.6 is 0 Å². The predicted octanol–water partition coefficient (Wildman–Crippen LogP) is 1.84. The van der Waals surface area contributed by atoms with Crippen LogP contribution in [0.2, 0.25) is 0 Å². The van der Waals surface area contributed by atoms with E-state index >= 15 is 0 Å². The second-order valence-corrected chi connectivity index (χ2v) is 5.37. The Balaban J connectivity index is 1.97. The van der Waals surface area contributed by atoms with E-state index in [0.717, 1.165) is 37.2 Å². The molecule has 2 aliphatic rings. The molecule has 2 unspecified atom stereocenters. The topological polar surface area (TPSA) is 47.3 Å². The van der Waals surface area contributed by atoms with Crippen LogP contribution in [0, 0.1) is 5.92 Å². The number of ether oxygens (including phenoxy) is 1. The predicted molar refractivity (Wildman–Crippen MR) is 68.0 cm³/mol. The van der Waals surface area contributed by atoms with Gasteiger partial charge in [0.1, 0.15) is 11.4 Å². The fraction of sp³-hybridized carbons (Fsp3) is 0.571. The molecular formula is C14H20N2O. The summed E-state index contributed by atoms with van der Waals surface area (Å²) in [5.41, 5.74) is 7.41. The van der Waals surface area contributed by atoms with Crippen LogP contribution in [0.1, 0.15) is 31.4 Å². The van der Waals surface area contributed by atoms with Gasteiger partial charge in [-0.15, -0.1) is 0 Å². The summed E-state index contributed by atoms with van der Waals surface area (Å²) in [6.45, 7) is 4.31. The van der Waals surface area contributed by atoms with Gasteiger partial charge in [0.25, 0.3) is 0 Å². The van der Waals surface area contributed by atoms with Crippen molar-refractivity contribution in [2.45, 2.75) is 31.4 Å². The Morgan fingerprint density at radius 2 is 2.24 bits per heavy atom. The van der Waals surface area contributed by atoms with Crippen LogP contribution in [-0.2, 0) is 0 Å². The monoisotopic (exact) mass is 232 g/mol. The largest absolute Gasteiger partial charge is 0.486 e. The zero-order chi connectivity index (χ0) is 11.9.